The van der Waals surface area contributed by atoms with Crippen molar-refractivity contribution in [3.05, 3.63) is 0 Å². The first-order valence-electron chi connectivity index (χ1n) is 5.03. The van der Waals surface area contributed by atoms with E-state index in [1.807, 2.05) is 0 Å². The number of rotatable bonds is 4. The van der Waals surface area contributed by atoms with Crippen LogP contribution in [0.25, 0.3) is 0 Å². The minimum absolute atomic E-state index is 0.0266. The Morgan fingerprint density at radius 1 is 1.33 bits per heavy atom. The summed E-state index contributed by atoms with van der Waals surface area (Å²) < 4.78 is 4.85. The monoisotopic (exact) mass is 277 g/mol. The van der Waals surface area contributed by atoms with E-state index < -0.39 is 0 Å². The average molecular weight is 278 g/mol. The largest absolute Gasteiger partial charge is 0.362 e. The van der Waals surface area contributed by atoms with Gasteiger partial charge < -0.3 is 4.74 Å². The number of nitrogens with zero attached hydrogens (tertiary/aromatic N) is 1. The highest BCUT2D eigenvalue weighted by atomic mass is 79.9. The zero-order valence-electron chi connectivity index (χ0n) is 9.03. The number of alkyl halides is 1. The van der Waals surface area contributed by atoms with Gasteiger partial charge >= 0.3 is 0 Å². The number of halogens is 1. The van der Waals surface area contributed by atoms with E-state index in [0.717, 1.165) is 5.33 Å². The van der Waals surface area contributed by atoms with Crippen LogP contribution in [-0.4, -0.2) is 41.8 Å². The van der Waals surface area contributed by atoms with E-state index in [9.17, 15) is 9.59 Å². The Morgan fingerprint density at radius 2 is 1.87 bits per heavy atom. The molecule has 1 aliphatic heterocycles. The number of morpholine rings is 1. The Labute approximate surface area is 98.1 Å². The molecule has 0 N–H and O–H groups in total. The third-order valence-electron chi connectivity index (χ3n) is 2.61. The molecule has 1 atom stereocenters. The van der Waals surface area contributed by atoms with Crippen molar-refractivity contribution >= 4 is 27.7 Å². The van der Waals surface area contributed by atoms with E-state index in [0.29, 0.717) is 18.4 Å². The Kier molecular flexibility index (Phi) is 4.73. The summed E-state index contributed by atoms with van der Waals surface area (Å²) in [6.07, 6.45) is 0. The molecule has 0 aliphatic carbocycles. The molecule has 0 aromatic heterocycles. The summed E-state index contributed by atoms with van der Waals surface area (Å²) in [7, 11) is 0. The number of hydrogen-bond donors (Lipinski definition) is 0. The first-order valence-corrected chi connectivity index (χ1v) is 6.15. The molecule has 5 heteroatoms. The molecule has 1 unspecified atom stereocenters. The second kappa shape index (κ2) is 5.61. The fourth-order valence-electron chi connectivity index (χ4n) is 1.40. The molecule has 0 radical (unpaired) electrons. The van der Waals surface area contributed by atoms with Gasteiger partial charge in [-0.2, -0.15) is 0 Å². The summed E-state index contributed by atoms with van der Waals surface area (Å²) in [6, 6.07) is 0. The quantitative estimate of drug-likeness (QED) is 0.570. The summed E-state index contributed by atoms with van der Waals surface area (Å²) in [5, 5.41) is 0.794. The first kappa shape index (κ1) is 12.6. The van der Waals surface area contributed by atoms with E-state index in [1.54, 1.807) is 0 Å². The Hall–Kier alpha value is -0.420. The molecule has 0 bridgehead atoms. The highest BCUT2D eigenvalue weighted by Gasteiger charge is 2.29. The highest BCUT2D eigenvalue weighted by molar-refractivity contribution is 9.09. The van der Waals surface area contributed by atoms with Crippen LogP contribution in [0.3, 0.4) is 0 Å². The third kappa shape index (κ3) is 3.28. The zero-order valence-corrected chi connectivity index (χ0v) is 10.6. The normalized spacial score (nSPS) is 19.9. The molecule has 2 amide bonds. The second-order valence-electron chi connectivity index (χ2n) is 4.05. The van der Waals surface area contributed by atoms with E-state index in [1.165, 1.54) is 4.90 Å². The van der Waals surface area contributed by atoms with Crippen LogP contribution in [-0.2, 0) is 14.3 Å². The van der Waals surface area contributed by atoms with Gasteiger partial charge in [0.15, 0.2) is 0 Å². The third-order valence-corrected chi connectivity index (χ3v) is 3.44. The van der Waals surface area contributed by atoms with Crippen LogP contribution >= 0.6 is 15.9 Å². The van der Waals surface area contributed by atoms with Gasteiger partial charge in [-0.15, -0.1) is 0 Å². The van der Waals surface area contributed by atoms with Crippen LogP contribution < -0.4 is 0 Å². The van der Waals surface area contributed by atoms with Crippen LogP contribution in [0.15, 0.2) is 0 Å². The van der Waals surface area contributed by atoms with Crippen molar-refractivity contribution in [2.75, 3.05) is 25.1 Å². The van der Waals surface area contributed by atoms with Crippen molar-refractivity contribution in [2.45, 2.75) is 13.8 Å². The molecule has 1 fully saturated rings. The van der Waals surface area contributed by atoms with Crippen LogP contribution in [0.2, 0.25) is 0 Å². The van der Waals surface area contributed by atoms with Crippen molar-refractivity contribution in [3.8, 4) is 0 Å². The molecule has 4 nitrogen and oxygen atoms in total. The lowest BCUT2D eigenvalue weighted by molar-refractivity contribution is -0.159. The lowest BCUT2D eigenvalue weighted by atomic mass is 9.97. The molecule has 0 saturated carbocycles. The first-order chi connectivity index (χ1) is 7.06. The highest BCUT2D eigenvalue weighted by Crippen LogP contribution is 2.16. The summed E-state index contributed by atoms with van der Waals surface area (Å²) in [5.41, 5.74) is 0. The number of hydrogen-bond acceptors (Lipinski definition) is 3. The summed E-state index contributed by atoms with van der Waals surface area (Å²) in [6.45, 7) is 4.71. The van der Waals surface area contributed by atoms with Gasteiger partial charge in [0.2, 0.25) is 0 Å². The van der Waals surface area contributed by atoms with E-state index in [-0.39, 0.29) is 25.0 Å². The van der Waals surface area contributed by atoms with Crippen molar-refractivity contribution in [3.63, 3.8) is 0 Å². The maximum Gasteiger partial charge on any atom is 0.255 e. The Balaban J connectivity index is 2.61. The zero-order chi connectivity index (χ0) is 11.4. The molecule has 1 saturated heterocycles. The predicted molar refractivity (Wildman–Crippen MR) is 59.7 cm³/mol. The molecular weight excluding hydrogens is 262 g/mol. The van der Waals surface area contributed by atoms with Crippen LogP contribution in [0, 0.1) is 11.8 Å². The van der Waals surface area contributed by atoms with E-state index in [4.69, 9.17) is 4.74 Å². The molecule has 0 spiro atoms. The van der Waals surface area contributed by atoms with Gasteiger partial charge in [0.1, 0.15) is 13.2 Å². The number of amides is 2. The van der Waals surface area contributed by atoms with Crippen LogP contribution in [0.1, 0.15) is 13.8 Å². The predicted octanol–water partition coefficient (Wildman–Crippen LogP) is 1.04. The van der Waals surface area contributed by atoms with Gasteiger partial charge in [-0.25, -0.2) is 0 Å². The maximum absolute atomic E-state index is 11.4. The van der Waals surface area contributed by atoms with Gasteiger partial charge in [-0.1, -0.05) is 29.8 Å². The maximum atomic E-state index is 11.4. The van der Waals surface area contributed by atoms with E-state index in [2.05, 4.69) is 29.8 Å². The molecule has 1 rings (SSSR count). The summed E-state index contributed by atoms with van der Waals surface area (Å²) >= 11 is 3.40. The molecule has 1 aliphatic rings. The van der Waals surface area contributed by atoms with Crippen molar-refractivity contribution in [2.24, 2.45) is 11.8 Å². The number of carbonyl (C=O) groups excluding carboxylic acids is 2. The summed E-state index contributed by atoms with van der Waals surface area (Å²) in [4.78, 5) is 24.2. The molecule has 1 heterocycles. The second-order valence-corrected chi connectivity index (χ2v) is 4.70. The van der Waals surface area contributed by atoms with Gasteiger partial charge in [-0.3, -0.25) is 14.5 Å². The van der Waals surface area contributed by atoms with Crippen molar-refractivity contribution < 1.29 is 14.3 Å². The lowest BCUT2D eigenvalue weighted by Gasteiger charge is -2.29. The van der Waals surface area contributed by atoms with Crippen molar-refractivity contribution in [1.29, 1.82) is 0 Å². The molecular formula is C10H16BrNO3. The number of carbonyl (C=O) groups is 2. The fraction of sp³-hybridized carbons (Fsp3) is 0.800. The lowest BCUT2D eigenvalue weighted by Crippen LogP contribution is -2.48. The Bertz CT molecular complexity index is 239. The van der Waals surface area contributed by atoms with Gasteiger partial charge in [0, 0.05) is 11.9 Å². The Morgan fingerprint density at radius 3 is 2.27 bits per heavy atom. The number of imide groups is 1. The smallest absolute Gasteiger partial charge is 0.255 e. The molecule has 0 aromatic rings. The van der Waals surface area contributed by atoms with E-state index >= 15 is 0 Å². The van der Waals surface area contributed by atoms with Crippen LogP contribution in [0.5, 0.6) is 0 Å². The van der Waals surface area contributed by atoms with Gasteiger partial charge in [0.05, 0.1) is 0 Å². The summed E-state index contributed by atoms with van der Waals surface area (Å²) in [5.74, 6) is 0.291. The van der Waals surface area contributed by atoms with Crippen LogP contribution in [0.4, 0.5) is 0 Å². The van der Waals surface area contributed by atoms with Crippen molar-refractivity contribution in [1.82, 2.24) is 4.90 Å². The molecule has 0 aromatic carbocycles. The molecule has 15 heavy (non-hydrogen) atoms. The standard InChI is InChI=1S/C10H16BrNO3/c1-7(2)8(3-11)4-12-9(13)5-15-6-10(12)14/h7-8H,3-6H2,1-2H3. The SMILES string of the molecule is CC(C)C(CBr)CN1C(=O)COCC1=O. The van der Waals surface area contributed by atoms with Gasteiger partial charge in [0.25, 0.3) is 11.8 Å². The minimum atomic E-state index is -0.224. The van der Waals surface area contributed by atoms with Gasteiger partial charge in [-0.05, 0) is 11.8 Å². The average Bonchev–Trinajstić information content (AvgIpc) is 2.17. The topological polar surface area (TPSA) is 46.6 Å². The molecule has 86 valence electrons. The fourth-order valence-corrected chi connectivity index (χ4v) is 2.35. The minimum Gasteiger partial charge on any atom is -0.362 e. The number of ether oxygens (including phenoxy) is 1.